The largest absolute Gasteiger partial charge is 0.481 e. The number of carbonyl (C=O) groups is 2. The minimum atomic E-state index is -0.568. The standard InChI is InChI=1S/C15H15NO5/c1-19-13(17)8-21-12-7-11(15(18)20-2)14(16)10-6-4-3-5-9(10)12/h3-7H,8,16H2,1-2H3. The molecule has 110 valence electrons. The van der Waals surface area contributed by atoms with Crippen molar-refractivity contribution in [2.24, 2.45) is 0 Å². The van der Waals surface area contributed by atoms with E-state index in [9.17, 15) is 9.59 Å². The molecule has 0 atom stereocenters. The van der Waals surface area contributed by atoms with Gasteiger partial charge in [-0.3, -0.25) is 0 Å². The van der Waals surface area contributed by atoms with Crippen LogP contribution in [0.4, 0.5) is 5.69 Å². The molecule has 6 heteroatoms. The quantitative estimate of drug-likeness (QED) is 0.681. The molecule has 2 aromatic carbocycles. The first-order chi connectivity index (χ1) is 10.1. The number of rotatable bonds is 4. The topological polar surface area (TPSA) is 87.8 Å². The molecule has 0 amide bonds. The van der Waals surface area contributed by atoms with Crippen molar-refractivity contribution in [3.63, 3.8) is 0 Å². The van der Waals surface area contributed by atoms with E-state index in [1.165, 1.54) is 20.3 Å². The fourth-order valence-electron chi connectivity index (χ4n) is 1.96. The van der Waals surface area contributed by atoms with E-state index in [1.54, 1.807) is 18.2 Å². The van der Waals surface area contributed by atoms with Gasteiger partial charge in [-0.2, -0.15) is 0 Å². The summed E-state index contributed by atoms with van der Waals surface area (Å²) in [6, 6.07) is 8.63. The summed E-state index contributed by atoms with van der Waals surface area (Å²) >= 11 is 0. The van der Waals surface area contributed by atoms with Crippen LogP contribution < -0.4 is 10.5 Å². The number of methoxy groups -OCH3 is 2. The molecular weight excluding hydrogens is 274 g/mol. The molecule has 0 spiro atoms. The van der Waals surface area contributed by atoms with Crippen LogP contribution in [-0.4, -0.2) is 32.8 Å². The lowest BCUT2D eigenvalue weighted by Crippen LogP contribution is -2.14. The van der Waals surface area contributed by atoms with Crippen LogP contribution in [0.15, 0.2) is 30.3 Å². The van der Waals surface area contributed by atoms with Crippen molar-refractivity contribution in [1.29, 1.82) is 0 Å². The van der Waals surface area contributed by atoms with Crippen LogP contribution >= 0.6 is 0 Å². The number of esters is 2. The number of ether oxygens (including phenoxy) is 3. The highest BCUT2D eigenvalue weighted by Crippen LogP contribution is 2.33. The van der Waals surface area contributed by atoms with E-state index >= 15 is 0 Å². The lowest BCUT2D eigenvalue weighted by molar-refractivity contribution is -0.142. The van der Waals surface area contributed by atoms with Gasteiger partial charge in [0.2, 0.25) is 0 Å². The lowest BCUT2D eigenvalue weighted by atomic mass is 10.0. The monoisotopic (exact) mass is 289 g/mol. The summed E-state index contributed by atoms with van der Waals surface area (Å²) in [5, 5.41) is 1.35. The van der Waals surface area contributed by atoms with Gasteiger partial charge in [-0.15, -0.1) is 0 Å². The number of fused-ring (bicyclic) bond motifs is 1. The second-order valence-corrected chi connectivity index (χ2v) is 4.24. The molecule has 2 rings (SSSR count). The van der Waals surface area contributed by atoms with Crippen LogP contribution in [0.25, 0.3) is 10.8 Å². The smallest absolute Gasteiger partial charge is 0.343 e. The number of anilines is 1. The van der Waals surface area contributed by atoms with Crippen LogP contribution in [-0.2, 0) is 14.3 Å². The Bertz CT molecular complexity index is 696. The van der Waals surface area contributed by atoms with Crippen molar-refractivity contribution >= 4 is 28.4 Å². The molecule has 0 saturated heterocycles. The zero-order valence-electron chi connectivity index (χ0n) is 11.7. The summed E-state index contributed by atoms with van der Waals surface area (Å²) in [6.07, 6.45) is 0. The van der Waals surface area contributed by atoms with Crippen molar-refractivity contribution in [1.82, 2.24) is 0 Å². The number of carbonyl (C=O) groups excluding carboxylic acids is 2. The summed E-state index contributed by atoms with van der Waals surface area (Å²) in [4.78, 5) is 23.0. The maximum absolute atomic E-state index is 11.8. The van der Waals surface area contributed by atoms with Crippen molar-refractivity contribution in [2.45, 2.75) is 0 Å². The van der Waals surface area contributed by atoms with E-state index in [-0.39, 0.29) is 12.2 Å². The van der Waals surface area contributed by atoms with Gasteiger partial charge in [-0.1, -0.05) is 24.3 Å². The fourth-order valence-corrected chi connectivity index (χ4v) is 1.96. The van der Waals surface area contributed by atoms with E-state index in [0.717, 1.165) is 0 Å². The van der Waals surface area contributed by atoms with Gasteiger partial charge in [-0.25, -0.2) is 9.59 Å². The maximum atomic E-state index is 11.8. The van der Waals surface area contributed by atoms with Crippen LogP contribution in [0, 0.1) is 0 Å². The van der Waals surface area contributed by atoms with Gasteiger partial charge in [0.25, 0.3) is 0 Å². The Morgan fingerprint density at radius 2 is 1.76 bits per heavy atom. The molecular formula is C15H15NO5. The van der Waals surface area contributed by atoms with Gasteiger partial charge in [0.05, 0.1) is 25.5 Å². The van der Waals surface area contributed by atoms with Crippen LogP contribution in [0.3, 0.4) is 0 Å². The highest BCUT2D eigenvalue weighted by molar-refractivity contribution is 6.08. The van der Waals surface area contributed by atoms with Crippen LogP contribution in [0.2, 0.25) is 0 Å². The molecule has 0 bridgehead atoms. The van der Waals surface area contributed by atoms with Gasteiger partial charge in [0.1, 0.15) is 5.75 Å². The normalized spacial score (nSPS) is 10.2. The van der Waals surface area contributed by atoms with E-state index < -0.39 is 11.9 Å². The Morgan fingerprint density at radius 1 is 1.10 bits per heavy atom. The lowest BCUT2D eigenvalue weighted by Gasteiger charge is -2.13. The predicted molar refractivity (Wildman–Crippen MR) is 77.2 cm³/mol. The number of nitrogen functional groups attached to an aromatic ring is 1. The van der Waals surface area contributed by atoms with E-state index in [1.807, 2.05) is 6.07 Å². The summed E-state index contributed by atoms with van der Waals surface area (Å²) in [5.74, 6) is -0.720. The van der Waals surface area contributed by atoms with E-state index in [2.05, 4.69) is 4.74 Å². The molecule has 6 nitrogen and oxygen atoms in total. The predicted octanol–water partition coefficient (Wildman–Crippen LogP) is 1.76. The molecule has 0 unspecified atom stereocenters. The number of benzene rings is 2. The summed E-state index contributed by atoms with van der Waals surface area (Å²) in [6.45, 7) is -0.259. The van der Waals surface area contributed by atoms with E-state index in [0.29, 0.717) is 22.2 Å². The third kappa shape index (κ3) is 2.89. The molecule has 2 N–H and O–H groups in total. The fraction of sp³-hybridized carbons (Fsp3) is 0.200. The Morgan fingerprint density at radius 3 is 2.38 bits per heavy atom. The van der Waals surface area contributed by atoms with Crippen molar-refractivity contribution < 1.29 is 23.8 Å². The SMILES string of the molecule is COC(=O)COc1cc(C(=O)OC)c(N)c2ccccc12. The van der Waals surface area contributed by atoms with Gasteiger partial charge < -0.3 is 19.9 Å². The second kappa shape index (κ2) is 6.13. The molecule has 0 aliphatic carbocycles. The highest BCUT2D eigenvalue weighted by Gasteiger charge is 2.17. The third-order valence-corrected chi connectivity index (χ3v) is 3.03. The van der Waals surface area contributed by atoms with Crippen LogP contribution in [0.5, 0.6) is 5.75 Å². The number of hydrogen-bond donors (Lipinski definition) is 1. The zero-order valence-corrected chi connectivity index (χ0v) is 11.7. The Kier molecular flexibility index (Phi) is 4.27. The molecule has 0 heterocycles. The minimum Gasteiger partial charge on any atom is -0.481 e. The third-order valence-electron chi connectivity index (χ3n) is 3.03. The number of hydrogen-bond acceptors (Lipinski definition) is 6. The zero-order chi connectivity index (χ0) is 15.4. The maximum Gasteiger partial charge on any atom is 0.343 e. The molecule has 0 aliphatic heterocycles. The first-order valence-electron chi connectivity index (χ1n) is 6.17. The van der Waals surface area contributed by atoms with Gasteiger partial charge in [-0.05, 0) is 6.07 Å². The van der Waals surface area contributed by atoms with Crippen LogP contribution in [0.1, 0.15) is 10.4 Å². The second-order valence-electron chi connectivity index (χ2n) is 4.24. The average Bonchev–Trinajstić information content (AvgIpc) is 2.53. The van der Waals surface area contributed by atoms with Gasteiger partial charge >= 0.3 is 11.9 Å². The van der Waals surface area contributed by atoms with Gasteiger partial charge in [0.15, 0.2) is 6.61 Å². The van der Waals surface area contributed by atoms with Crippen molar-refractivity contribution in [3.05, 3.63) is 35.9 Å². The molecule has 0 radical (unpaired) electrons. The van der Waals surface area contributed by atoms with Gasteiger partial charge in [0, 0.05) is 10.8 Å². The molecule has 2 aromatic rings. The molecule has 0 saturated carbocycles. The highest BCUT2D eigenvalue weighted by atomic mass is 16.6. The molecule has 0 aromatic heterocycles. The molecule has 21 heavy (non-hydrogen) atoms. The first-order valence-corrected chi connectivity index (χ1v) is 6.17. The van der Waals surface area contributed by atoms with Crippen molar-refractivity contribution in [2.75, 3.05) is 26.6 Å². The summed E-state index contributed by atoms with van der Waals surface area (Å²) < 4.78 is 14.7. The van der Waals surface area contributed by atoms with Crippen molar-refractivity contribution in [3.8, 4) is 5.75 Å². The Hall–Kier alpha value is -2.76. The Labute approximate surface area is 121 Å². The minimum absolute atomic E-state index is 0.191. The van der Waals surface area contributed by atoms with E-state index in [4.69, 9.17) is 15.2 Å². The first kappa shape index (κ1) is 14.6. The summed E-state index contributed by atoms with van der Waals surface area (Å²) in [5.41, 5.74) is 6.50. The molecule has 0 aliphatic rings. The summed E-state index contributed by atoms with van der Waals surface area (Å²) in [7, 11) is 2.54. The average molecular weight is 289 g/mol. The number of nitrogens with two attached hydrogens (primary N) is 1. The molecule has 0 fully saturated rings. The Balaban J connectivity index is 2.54.